The van der Waals surface area contributed by atoms with Gasteiger partial charge in [-0.05, 0) is 36.8 Å². The van der Waals surface area contributed by atoms with Crippen LogP contribution in [0, 0.1) is 10.1 Å². The number of nitrogens with zero attached hydrogens (tertiary/aromatic N) is 2. The number of amides is 1. The van der Waals surface area contributed by atoms with Gasteiger partial charge in [-0.15, -0.1) is 0 Å². The van der Waals surface area contributed by atoms with Crippen LogP contribution in [0.15, 0.2) is 46.0 Å². The van der Waals surface area contributed by atoms with Crippen molar-refractivity contribution in [2.45, 2.75) is 19.4 Å². The molecule has 0 aliphatic heterocycles. The van der Waals surface area contributed by atoms with Gasteiger partial charge in [-0.3, -0.25) is 14.9 Å². The summed E-state index contributed by atoms with van der Waals surface area (Å²) in [5.41, 5.74) is 2.59. The number of carbonyl (C=O) groups is 1. The number of anilines is 1. The highest BCUT2D eigenvalue weighted by Crippen LogP contribution is 2.32. The Labute approximate surface area is 168 Å². The molecule has 0 bridgehead atoms. The van der Waals surface area contributed by atoms with Gasteiger partial charge in [-0.25, -0.2) is 5.43 Å². The van der Waals surface area contributed by atoms with Crippen molar-refractivity contribution in [1.29, 1.82) is 0 Å². The lowest BCUT2D eigenvalue weighted by molar-refractivity contribution is -0.385. The summed E-state index contributed by atoms with van der Waals surface area (Å²) < 4.78 is 0.922. The predicted molar refractivity (Wildman–Crippen MR) is 107 cm³/mol. The Bertz CT molecular complexity index is 874. The fourth-order valence-electron chi connectivity index (χ4n) is 2.19. The molecule has 0 aromatic heterocycles. The average molecular weight is 456 g/mol. The number of rotatable bonds is 7. The van der Waals surface area contributed by atoms with E-state index in [0.717, 1.165) is 22.4 Å². The third-order valence-corrected chi connectivity index (χ3v) is 4.32. The fourth-order valence-corrected chi connectivity index (χ4v) is 2.67. The van der Waals surface area contributed by atoms with E-state index in [2.05, 4.69) is 31.8 Å². The number of hydrogen-bond acceptors (Lipinski definition) is 6. The maximum absolute atomic E-state index is 12.3. The van der Waals surface area contributed by atoms with Gasteiger partial charge in [0.1, 0.15) is 6.04 Å². The summed E-state index contributed by atoms with van der Waals surface area (Å²) in [5, 5.41) is 27.7. The molecule has 0 radical (unpaired) electrons. The van der Waals surface area contributed by atoms with Crippen LogP contribution in [0.5, 0.6) is 5.75 Å². The molecule has 0 aliphatic carbocycles. The van der Waals surface area contributed by atoms with E-state index < -0.39 is 28.3 Å². The van der Waals surface area contributed by atoms with Gasteiger partial charge >= 0.3 is 5.69 Å². The zero-order valence-corrected chi connectivity index (χ0v) is 16.5. The number of nitrogens with one attached hydrogen (secondary N) is 2. The minimum atomic E-state index is -0.758. The smallest absolute Gasteiger partial charge is 0.312 e. The zero-order chi connectivity index (χ0) is 20.0. The minimum Gasteiger partial charge on any atom is -0.502 e. The Kier molecular flexibility index (Phi) is 7.14. The van der Waals surface area contributed by atoms with Crippen LogP contribution in [-0.4, -0.2) is 28.2 Å². The Morgan fingerprint density at radius 1 is 1.41 bits per heavy atom. The fraction of sp³-hybridized carbons (Fsp3) is 0.176. The molecule has 0 heterocycles. The van der Waals surface area contributed by atoms with Gasteiger partial charge in [0.2, 0.25) is 5.75 Å². The van der Waals surface area contributed by atoms with Crippen molar-refractivity contribution < 1.29 is 14.8 Å². The first-order valence-electron chi connectivity index (χ1n) is 7.83. The van der Waals surface area contributed by atoms with Gasteiger partial charge in [0.25, 0.3) is 5.91 Å². The van der Waals surface area contributed by atoms with Crippen LogP contribution in [0.25, 0.3) is 0 Å². The number of hydrazone groups is 1. The van der Waals surface area contributed by atoms with Crippen molar-refractivity contribution in [1.82, 2.24) is 5.43 Å². The van der Waals surface area contributed by atoms with Gasteiger partial charge in [0.05, 0.1) is 11.1 Å². The van der Waals surface area contributed by atoms with Gasteiger partial charge in [-0.2, -0.15) is 5.10 Å². The summed E-state index contributed by atoms with van der Waals surface area (Å²) in [6, 6.07) is 9.14. The normalized spacial score (nSPS) is 12.0. The number of nitro benzene ring substituents is 1. The molecule has 0 saturated carbocycles. The van der Waals surface area contributed by atoms with Gasteiger partial charge < -0.3 is 10.4 Å². The summed E-state index contributed by atoms with van der Waals surface area (Å²) in [5.74, 6) is -0.977. The number of nitro groups is 1. The summed E-state index contributed by atoms with van der Waals surface area (Å²) in [6.45, 7) is 1.84. The molecule has 2 aromatic rings. The number of phenolic OH excluding ortho intramolecular Hbond substituents is 1. The van der Waals surface area contributed by atoms with Crippen LogP contribution in [0.3, 0.4) is 0 Å². The minimum absolute atomic E-state index is 0.0171. The number of hydrogen-bond donors (Lipinski definition) is 3. The summed E-state index contributed by atoms with van der Waals surface area (Å²) in [6.07, 6.45) is 1.60. The van der Waals surface area contributed by atoms with Gasteiger partial charge in [-0.1, -0.05) is 34.5 Å². The second-order valence-electron chi connectivity index (χ2n) is 5.47. The molecule has 0 unspecified atom stereocenters. The van der Waals surface area contributed by atoms with Crippen LogP contribution in [-0.2, 0) is 4.79 Å². The van der Waals surface area contributed by atoms with Gasteiger partial charge in [0, 0.05) is 26.8 Å². The molecule has 0 fully saturated rings. The van der Waals surface area contributed by atoms with Crippen LogP contribution in [0.4, 0.5) is 11.4 Å². The highest BCUT2D eigenvalue weighted by molar-refractivity contribution is 9.10. The summed E-state index contributed by atoms with van der Waals surface area (Å²) >= 11 is 9.14. The van der Waals surface area contributed by atoms with Crippen LogP contribution < -0.4 is 10.7 Å². The third-order valence-electron chi connectivity index (χ3n) is 3.57. The second-order valence-corrected chi connectivity index (χ2v) is 6.82. The quantitative estimate of drug-likeness (QED) is 0.331. The standard InChI is InChI=1S/C17H16BrClN4O4/c1-2-14(21-13-5-3-11(18)4-6-13)17(25)22-20-9-10-7-12(19)8-15(16(10)24)23(26)27/h3-9,14,21,24H,2H2,1H3,(H,22,25)/b20-9-/t14-/m0/s1. The van der Waals surface area contributed by atoms with Crippen molar-refractivity contribution in [2.24, 2.45) is 5.10 Å². The highest BCUT2D eigenvalue weighted by atomic mass is 79.9. The largest absolute Gasteiger partial charge is 0.502 e. The molecule has 0 saturated heterocycles. The summed E-state index contributed by atoms with van der Waals surface area (Å²) in [7, 11) is 0. The first-order chi connectivity index (χ1) is 12.8. The number of phenols is 1. The first kappa shape index (κ1) is 20.7. The molecule has 3 N–H and O–H groups in total. The Hall–Kier alpha value is -2.65. The topological polar surface area (TPSA) is 117 Å². The maximum Gasteiger partial charge on any atom is 0.312 e. The first-order valence-corrected chi connectivity index (χ1v) is 9.00. The molecule has 27 heavy (non-hydrogen) atoms. The number of benzene rings is 2. The zero-order valence-electron chi connectivity index (χ0n) is 14.1. The Morgan fingerprint density at radius 3 is 2.67 bits per heavy atom. The summed E-state index contributed by atoms with van der Waals surface area (Å²) in [4.78, 5) is 22.4. The molecule has 142 valence electrons. The maximum atomic E-state index is 12.3. The second kappa shape index (κ2) is 9.33. The molecular weight excluding hydrogens is 440 g/mol. The third kappa shape index (κ3) is 5.66. The molecule has 2 rings (SSSR count). The van der Waals surface area contributed by atoms with Crippen LogP contribution in [0.2, 0.25) is 5.02 Å². The lowest BCUT2D eigenvalue weighted by Crippen LogP contribution is -2.36. The van der Waals surface area contributed by atoms with Crippen LogP contribution >= 0.6 is 27.5 Å². The molecular formula is C17H16BrClN4O4. The lowest BCUT2D eigenvalue weighted by Gasteiger charge is -2.16. The van der Waals surface area contributed by atoms with E-state index in [1.165, 1.54) is 6.07 Å². The van der Waals surface area contributed by atoms with E-state index in [-0.39, 0.29) is 10.6 Å². The molecule has 2 aromatic carbocycles. The monoisotopic (exact) mass is 454 g/mol. The van der Waals surface area contributed by atoms with Crippen molar-refractivity contribution in [3.8, 4) is 5.75 Å². The number of halogens is 2. The lowest BCUT2D eigenvalue weighted by atomic mass is 10.2. The van der Waals surface area contributed by atoms with E-state index in [9.17, 15) is 20.0 Å². The molecule has 0 spiro atoms. The molecule has 1 atom stereocenters. The van der Waals surface area contributed by atoms with Gasteiger partial charge in [0.15, 0.2) is 0 Å². The Balaban J connectivity index is 2.07. The highest BCUT2D eigenvalue weighted by Gasteiger charge is 2.18. The SMILES string of the molecule is CC[C@H](Nc1ccc(Br)cc1)C(=O)N/N=C\c1cc(Cl)cc([N+](=O)[O-])c1O. The molecule has 0 aliphatic rings. The number of carbonyl (C=O) groups excluding carboxylic acids is 1. The molecule has 8 nitrogen and oxygen atoms in total. The van der Waals surface area contributed by atoms with Crippen molar-refractivity contribution in [3.05, 3.63) is 61.6 Å². The van der Waals surface area contributed by atoms with E-state index in [1.54, 1.807) is 0 Å². The van der Waals surface area contributed by atoms with Crippen molar-refractivity contribution in [3.63, 3.8) is 0 Å². The van der Waals surface area contributed by atoms with Crippen molar-refractivity contribution >= 4 is 51.0 Å². The molecule has 1 amide bonds. The predicted octanol–water partition coefficient (Wildman–Crippen LogP) is 4.06. The van der Waals surface area contributed by atoms with Crippen molar-refractivity contribution in [2.75, 3.05) is 5.32 Å². The van der Waals surface area contributed by atoms with E-state index in [1.807, 2.05) is 31.2 Å². The van der Waals surface area contributed by atoms with E-state index in [0.29, 0.717) is 6.42 Å². The Morgan fingerprint density at radius 2 is 2.07 bits per heavy atom. The van der Waals surface area contributed by atoms with E-state index >= 15 is 0 Å². The van der Waals surface area contributed by atoms with E-state index in [4.69, 9.17) is 11.6 Å². The average Bonchev–Trinajstić information content (AvgIpc) is 2.63. The number of aromatic hydroxyl groups is 1. The molecule has 10 heteroatoms. The van der Waals surface area contributed by atoms with Crippen LogP contribution in [0.1, 0.15) is 18.9 Å².